The number of benzene rings is 3. The van der Waals surface area contributed by atoms with Crippen LogP contribution in [0.1, 0.15) is 11.1 Å². The second-order valence-corrected chi connectivity index (χ2v) is 9.84. The molecule has 9 heteroatoms. The second-order valence-electron chi connectivity index (χ2n) is 7.08. The Morgan fingerprint density at radius 3 is 2.34 bits per heavy atom. The van der Waals surface area contributed by atoms with Gasteiger partial charge in [-0.25, -0.2) is 8.42 Å². The highest BCUT2D eigenvalue weighted by atomic mass is 35.5. The quantitative estimate of drug-likeness (QED) is 0.472. The highest BCUT2D eigenvalue weighted by Crippen LogP contribution is 2.26. The Labute approximate surface area is 197 Å². The third-order valence-corrected chi connectivity index (χ3v) is 7.25. The number of aryl methyl sites for hydroxylation is 1. The van der Waals surface area contributed by atoms with E-state index in [1.54, 1.807) is 54.6 Å². The molecule has 168 valence electrons. The lowest BCUT2D eigenvalue weighted by Gasteiger charge is -2.22. The van der Waals surface area contributed by atoms with Crippen molar-refractivity contribution in [3.63, 3.8) is 0 Å². The number of anilines is 1. The molecule has 0 saturated carbocycles. The molecule has 3 aromatic rings. The number of hydrogen-bond acceptors (Lipinski definition) is 4. The smallest absolute Gasteiger partial charge is 0.243 e. The second kappa shape index (κ2) is 10.4. The SMILES string of the molecule is COc1ccccc1NC(=O)CN(Cc1ccc(Cl)c(Cl)c1)S(=O)(=O)c1ccc(C)cc1. The van der Waals surface area contributed by atoms with Gasteiger partial charge in [0.25, 0.3) is 0 Å². The minimum absolute atomic E-state index is 0.0631. The van der Waals surface area contributed by atoms with Gasteiger partial charge < -0.3 is 10.1 Å². The minimum atomic E-state index is -3.98. The van der Waals surface area contributed by atoms with Crippen molar-refractivity contribution in [3.05, 3.63) is 87.9 Å². The predicted octanol–water partition coefficient (Wildman–Crippen LogP) is 5.14. The van der Waals surface area contributed by atoms with Crippen LogP contribution in [-0.2, 0) is 21.4 Å². The number of methoxy groups -OCH3 is 1. The van der Waals surface area contributed by atoms with Gasteiger partial charge in [0.15, 0.2) is 0 Å². The number of ether oxygens (including phenoxy) is 1. The summed E-state index contributed by atoms with van der Waals surface area (Å²) in [6.07, 6.45) is 0. The van der Waals surface area contributed by atoms with Crippen LogP contribution in [-0.4, -0.2) is 32.3 Å². The van der Waals surface area contributed by atoms with E-state index in [0.717, 1.165) is 9.87 Å². The zero-order chi connectivity index (χ0) is 23.3. The van der Waals surface area contributed by atoms with Crippen molar-refractivity contribution in [1.29, 1.82) is 0 Å². The van der Waals surface area contributed by atoms with E-state index >= 15 is 0 Å². The summed E-state index contributed by atoms with van der Waals surface area (Å²) in [5.41, 5.74) is 1.97. The van der Waals surface area contributed by atoms with Crippen LogP contribution in [0.15, 0.2) is 71.6 Å². The van der Waals surface area contributed by atoms with Crippen molar-refractivity contribution in [1.82, 2.24) is 4.31 Å². The van der Waals surface area contributed by atoms with Gasteiger partial charge in [0.2, 0.25) is 15.9 Å². The number of sulfonamides is 1. The molecule has 0 bridgehead atoms. The Kier molecular flexibility index (Phi) is 7.79. The van der Waals surface area contributed by atoms with Crippen LogP contribution in [0.3, 0.4) is 0 Å². The van der Waals surface area contributed by atoms with Gasteiger partial charge in [-0.1, -0.05) is 59.1 Å². The molecule has 0 aromatic heterocycles. The highest BCUT2D eigenvalue weighted by molar-refractivity contribution is 7.89. The molecular weight excluding hydrogens is 471 g/mol. The molecule has 32 heavy (non-hydrogen) atoms. The third kappa shape index (κ3) is 5.81. The molecule has 0 saturated heterocycles. The molecule has 0 aliphatic rings. The van der Waals surface area contributed by atoms with Crippen molar-refractivity contribution in [3.8, 4) is 5.75 Å². The third-order valence-electron chi connectivity index (χ3n) is 4.70. The van der Waals surface area contributed by atoms with E-state index in [1.807, 2.05) is 6.92 Å². The first-order chi connectivity index (χ1) is 15.2. The summed E-state index contributed by atoms with van der Waals surface area (Å²) < 4.78 is 33.1. The fourth-order valence-electron chi connectivity index (χ4n) is 3.02. The first-order valence-electron chi connectivity index (χ1n) is 9.64. The number of nitrogens with one attached hydrogen (secondary N) is 1. The number of carbonyl (C=O) groups excluding carboxylic acids is 1. The molecule has 0 aliphatic heterocycles. The van der Waals surface area contributed by atoms with E-state index in [-0.39, 0.29) is 11.4 Å². The average Bonchev–Trinajstić information content (AvgIpc) is 2.76. The highest BCUT2D eigenvalue weighted by Gasteiger charge is 2.27. The first-order valence-corrected chi connectivity index (χ1v) is 11.8. The van der Waals surface area contributed by atoms with Crippen molar-refractivity contribution in [2.24, 2.45) is 0 Å². The summed E-state index contributed by atoms with van der Waals surface area (Å²) in [5.74, 6) is -0.0384. The first kappa shape index (κ1) is 24.1. The number of rotatable bonds is 8. The monoisotopic (exact) mass is 492 g/mol. The number of hydrogen-bond donors (Lipinski definition) is 1. The van der Waals surface area contributed by atoms with E-state index < -0.39 is 22.5 Å². The predicted molar refractivity (Wildman–Crippen MR) is 127 cm³/mol. The molecular formula is C23H22Cl2N2O4S. The maximum atomic E-state index is 13.4. The molecule has 0 spiro atoms. The number of halogens is 2. The maximum absolute atomic E-state index is 13.4. The lowest BCUT2D eigenvalue weighted by atomic mass is 10.2. The molecule has 0 fully saturated rings. The van der Waals surface area contributed by atoms with Gasteiger partial charge >= 0.3 is 0 Å². The fourth-order valence-corrected chi connectivity index (χ4v) is 4.73. The molecule has 1 amide bonds. The average molecular weight is 493 g/mol. The van der Waals surface area contributed by atoms with E-state index in [4.69, 9.17) is 27.9 Å². The molecule has 0 aliphatic carbocycles. The Morgan fingerprint density at radius 2 is 1.69 bits per heavy atom. The van der Waals surface area contributed by atoms with E-state index in [2.05, 4.69) is 5.32 Å². The van der Waals surface area contributed by atoms with Crippen LogP contribution in [0.25, 0.3) is 0 Å². The van der Waals surface area contributed by atoms with Gasteiger partial charge in [0.05, 0.1) is 34.3 Å². The van der Waals surface area contributed by atoms with Crippen LogP contribution < -0.4 is 10.1 Å². The lowest BCUT2D eigenvalue weighted by molar-refractivity contribution is -0.116. The van der Waals surface area contributed by atoms with Crippen LogP contribution in [0.2, 0.25) is 10.0 Å². The van der Waals surface area contributed by atoms with Gasteiger partial charge in [0.1, 0.15) is 5.75 Å². The van der Waals surface area contributed by atoms with Crippen molar-refractivity contribution in [2.75, 3.05) is 19.0 Å². The number of amides is 1. The van der Waals surface area contributed by atoms with Crippen LogP contribution in [0.4, 0.5) is 5.69 Å². The Morgan fingerprint density at radius 1 is 1.00 bits per heavy atom. The standard InChI is InChI=1S/C23H22Cl2N2O4S/c1-16-7-10-18(11-8-16)32(29,30)27(14-17-9-12-19(24)20(25)13-17)15-23(28)26-21-5-3-4-6-22(21)31-2/h3-13H,14-15H2,1-2H3,(H,26,28). The van der Waals surface area contributed by atoms with Crippen LogP contribution in [0.5, 0.6) is 5.75 Å². The number of carbonyl (C=O) groups is 1. The van der Waals surface area contributed by atoms with Gasteiger partial charge in [-0.05, 0) is 48.9 Å². The Balaban J connectivity index is 1.91. The van der Waals surface area contributed by atoms with Gasteiger partial charge in [-0.2, -0.15) is 4.31 Å². The zero-order valence-electron chi connectivity index (χ0n) is 17.5. The number of para-hydroxylation sites is 2. The zero-order valence-corrected chi connectivity index (χ0v) is 19.8. The largest absolute Gasteiger partial charge is 0.495 e. The van der Waals surface area contributed by atoms with Crippen molar-refractivity contribution in [2.45, 2.75) is 18.4 Å². The van der Waals surface area contributed by atoms with Gasteiger partial charge in [-0.3, -0.25) is 4.79 Å². The minimum Gasteiger partial charge on any atom is -0.495 e. The van der Waals surface area contributed by atoms with E-state index in [9.17, 15) is 13.2 Å². The summed E-state index contributed by atoms with van der Waals surface area (Å²) in [6, 6.07) is 18.2. The fraction of sp³-hybridized carbons (Fsp3) is 0.174. The molecule has 6 nitrogen and oxygen atoms in total. The normalized spacial score (nSPS) is 11.4. The molecule has 1 N–H and O–H groups in total. The van der Waals surface area contributed by atoms with Crippen molar-refractivity contribution < 1.29 is 17.9 Å². The summed E-state index contributed by atoms with van der Waals surface area (Å²) in [6.45, 7) is 1.39. The Hall–Kier alpha value is -2.58. The lowest BCUT2D eigenvalue weighted by Crippen LogP contribution is -2.37. The molecule has 0 unspecified atom stereocenters. The summed E-state index contributed by atoms with van der Waals surface area (Å²) >= 11 is 12.1. The Bertz CT molecular complexity index is 1210. The summed E-state index contributed by atoms with van der Waals surface area (Å²) in [7, 11) is -2.49. The van der Waals surface area contributed by atoms with Crippen LogP contribution >= 0.6 is 23.2 Å². The molecule has 3 rings (SSSR count). The summed E-state index contributed by atoms with van der Waals surface area (Å²) in [5, 5.41) is 3.37. The topological polar surface area (TPSA) is 75.7 Å². The number of nitrogens with zero attached hydrogens (tertiary/aromatic N) is 1. The van der Waals surface area contributed by atoms with Gasteiger partial charge in [-0.15, -0.1) is 0 Å². The summed E-state index contributed by atoms with van der Waals surface area (Å²) in [4.78, 5) is 12.9. The molecule has 0 radical (unpaired) electrons. The molecule has 0 heterocycles. The molecule has 0 atom stereocenters. The van der Waals surface area contributed by atoms with E-state index in [0.29, 0.717) is 27.0 Å². The maximum Gasteiger partial charge on any atom is 0.243 e. The molecule has 3 aromatic carbocycles. The van der Waals surface area contributed by atoms with E-state index in [1.165, 1.54) is 19.2 Å². The van der Waals surface area contributed by atoms with Gasteiger partial charge in [0, 0.05) is 6.54 Å². The van der Waals surface area contributed by atoms with Crippen molar-refractivity contribution >= 4 is 44.8 Å². The van der Waals surface area contributed by atoms with Crippen LogP contribution in [0, 0.1) is 6.92 Å².